The van der Waals surface area contributed by atoms with Crippen LogP contribution in [0.5, 0.6) is 17.2 Å². The van der Waals surface area contributed by atoms with Crippen LogP contribution in [0.15, 0.2) is 42.5 Å². The van der Waals surface area contributed by atoms with E-state index in [1.54, 1.807) is 32.4 Å². The minimum atomic E-state index is -0.450. The highest BCUT2D eigenvalue weighted by Crippen LogP contribution is 2.28. The molecular formula is C22H26FNO4. The number of hydrogen-bond acceptors (Lipinski definition) is 4. The Hall–Kier alpha value is -3.02. The van der Waals surface area contributed by atoms with Gasteiger partial charge in [-0.1, -0.05) is 19.1 Å². The molecule has 28 heavy (non-hydrogen) atoms. The minimum absolute atomic E-state index is 0.179. The topological polar surface area (TPSA) is 48.0 Å². The molecule has 0 aromatic heterocycles. The Bertz CT molecular complexity index is 835. The summed E-state index contributed by atoms with van der Waals surface area (Å²) in [6, 6.07) is 10.1. The maximum atomic E-state index is 13.8. The second kappa shape index (κ2) is 10.3. The molecule has 0 saturated carbocycles. The van der Waals surface area contributed by atoms with Crippen LogP contribution < -0.4 is 14.2 Å². The van der Waals surface area contributed by atoms with Crippen LogP contribution in [0.4, 0.5) is 4.39 Å². The fourth-order valence-electron chi connectivity index (χ4n) is 2.57. The Balaban J connectivity index is 2.02. The van der Waals surface area contributed by atoms with Gasteiger partial charge in [0.15, 0.2) is 23.1 Å². The van der Waals surface area contributed by atoms with Gasteiger partial charge in [0, 0.05) is 19.7 Å². The van der Waals surface area contributed by atoms with Gasteiger partial charge in [0.2, 0.25) is 5.91 Å². The van der Waals surface area contributed by atoms with Gasteiger partial charge in [-0.05, 0) is 47.9 Å². The summed E-state index contributed by atoms with van der Waals surface area (Å²) in [7, 11) is 4.65. The summed E-state index contributed by atoms with van der Waals surface area (Å²) in [6.45, 7) is 2.93. The predicted molar refractivity (Wildman–Crippen MR) is 107 cm³/mol. The number of benzene rings is 2. The summed E-state index contributed by atoms with van der Waals surface area (Å²) in [4.78, 5) is 13.9. The van der Waals surface area contributed by atoms with Crippen molar-refractivity contribution in [2.45, 2.75) is 19.9 Å². The highest BCUT2D eigenvalue weighted by Gasteiger charge is 2.09. The average molecular weight is 387 g/mol. The number of methoxy groups -OCH3 is 2. The third kappa shape index (κ3) is 5.74. The molecule has 0 bridgehead atoms. The molecule has 0 fully saturated rings. The Labute approximate surface area is 165 Å². The normalized spacial score (nSPS) is 10.8. The van der Waals surface area contributed by atoms with Gasteiger partial charge in [-0.3, -0.25) is 4.79 Å². The maximum absolute atomic E-state index is 13.8. The van der Waals surface area contributed by atoms with Crippen molar-refractivity contribution in [1.82, 2.24) is 4.90 Å². The molecule has 2 aromatic carbocycles. The van der Waals surface area contributed by atoms with Crippen LogP contribution in [-0.2, 0) is 11.3 Å². The van der Waals surface area contributed by atoms with E-state index in [-0.39, 0.29) is 18.2 Å². The van der Waals surface area contributed by atoms with Gasteiger partial charge in [0.05, 0.1) is 20.8 Å². The van der Waals surface area contributed by atoms with Crippen molar-refractivity contribution in [2.75, 3.05) is 27.9 Å². The molecule has 2 rings (SSSR count). The van der Waals surface area contributed by atoms with Crippen LogP contribution >= 0.6 is 0 Å². The van der Waals surface area contributed by atoms with Gasteiger partial charge in [0.25, 0.3) is 0 Å². The van der Waals surface area contributed by atoms with E-state index in [1.807, 2.05) is 25.1 Å². The van der Waals surface area contributed by atoms with Crippen LogP contribution in [0.25, 0.3) is 6.08 Å². The van der Waals surface area contributed by atoms with Crippen LogP contribution in [0, 0.1) is 5.82 Å². The third-order valence-corrected chi connectivity index (χ3v) is 4.08. The molecule has 0 saturated heterocycles. The quantitative estimate of drug-likeness (QED) is 0.602. The van der Waals surface area contributed by atoms with E-state index in [2.05, 4.69) is 0 Å². The van der Waals surface area contributed by atoms with E-state index >= 15 is 0 Å². The van der Waals surface area contributed by atoms with Crippen LogP contribution in [0.1, 0.15) is 24.5 Å². The molecule has 0 unspecified atom stereocenters. The molecule has 0 aliphatic heterocycles. The molecular weight excluding hydrogens is 361 g/mol. The molecule has 0 atom stereocenters. The van der Waals surface area contributed by atoms with Gasteiger partial charge >= 0.3 is 0 Å². The van der Waals surface area contributed by atoms with Gasteiger partial charge < -0.3 is 19.1 Å². The van der Waals surface area contributed by atoms with Crippen molar-refractivity contribution in [3.05, 3.63) is 59.4 Å². The first kappa shape index (κ1) is 21.3. The standard InChI is InChI=1S/C22H26FNO4/c1-5-12-28-20-10-6-16(14-21(20)27-4)8-11-22(25)24(2)15-17-7-9-19(26-3)18(23)13-17/h6-11,13-14H,5,12,15H2,1-4H3/b11-8+. The molecule has 150 valence electrons. The Morgan fingerprint density at radius 3 is 2.43 bits per heavy atom. The number of rotatable bonds is 9. The van der Waals surface area contributed by atoms with Crippen LogP contribution in [0.3, 0.4) is 0 Å². The van der Waals surface area contributed by atoms with Crippen molar-refractivity contribution < 1.29 is 23.4 Å². The van der Waals surface area contributed by atoms with Gasteiger partial charge in [-0.15, -0.1) is 0 Å². The fourth-order valence-corrected chi connectivity index (χ4v) is 2.57. The van der Waals surface area contributed by atoms with Crippen molar-refractivity contribution in [2.24, 2.45) is 0 Å². The summed E-state index contributed by atoms with van der Waals surface area (Å²) in [5.74, 6) is 0.824. The smallest absolute Gasteiger partial charge is 0.246 e. The molecule has 1 amide bonds. The summed E-state index contributed by atoms with van der Waals surface area (Å²) in [5, 5.41) is 0. The summed E-state index contributed by atoms with van der Waals surface area (Å²) < 4.78 is 29.7. The lowest BCUT2D eigenvalue weighted by atomic mass is 10.1. The van der Waals surface area contributed by atoms with Gasteiger partial charge in [0.1, 0.15) is 0 Å². The van der Waals surface area contributed by atoms with Crippen LogP contribution in [0.2, 0.25) is 0 Å². The predicted octanol–water partition coefficient (Wildman–Crippen LogP) is 4.30. The number of ether oxygens (including phenoxy) is 3. The fraction of sp³-hybridized carbons (Fsp3) is 0.318. The third-order valence-electron chi connectivity index (χ3n) is 4.08. The number of carbonyl (C=O) groups is 1. The van der Waals surface area contributed by atoms with E-state index < -0.39 is 5.82 Å². The zero-order valence-corrected chi connectivity index (χ0v) is 16.7. The van der Waals surface area contributed by atoms with Crippen LogP contribution in [-0.4, -0.2) is 38.7 Å². The number of carbonyl (C=O) groups excluding carboxylic acids is 1. The number of hydrogen-bond donors (Lipinski definition) is 0. The number of nitrogens with zero attached hydrogens (tertiary/aromatic N) is 1. The molecule has 0 spiro atoms. The molecule has 6 heteroatoms. The molecule has 0 aliphatic rings. The lowest BCUT2D eigenvalue weighted by Gasteiger charge is -2.16. The van der Waals surface area contributed by atoms with E-state index in [9.17, 15) is 9.18 Å². The monoisotopic (exact) mass is 387 g/mol. The second-order valence-electron chi connectivity index (χ2n) is 6.26. The first-order valence-corrected chi connectivity index (χ1v) is 9.05. The van der Waals surface area contributed by atoms with E-state index in [4.69, 9.17) is 14.2 Å². The summed E-state index contributed by atoms with van der Waals surface area (Å²) >= 11 is 0. The molecule has 0 N–H and O–H groups in total. The van der Waals surface area contributed by atoms with Crippen molar-refractivity contribution in [1.29, 1.82) is 0 Å². The van der Waals surface area contributed by atoms with Gasteiger partial charge in [-0.2, -0.15) is 0 Å². The van der Waals surface area contributed by atoms with E-state index in [0.717, 1.165) is 12.0 Å². The highest BCUT2D eigenvalue weighted by molar-refractivity contribution is 5.91. The Morgan fingerprint density at radius 1 is 1.07 bits per heavy atom. The Kier molecular flexibility index (Phi) is 7.87. The number of halogens is 1. The first-order valence-electron chi connectivity index (χ1n) is 9.05. The van der Waals surface area contributed by atoms with Crippen molar-refractivity contribution in [3.63, 3.8) is 0 Å². The highest BCUT2D eigenvalue weighted by atomic mass is 19.1. The van der Waals surface area contributed by atoms with Crippen molar-refractivity contribution >= 4 is 12.0 Å². The van der Waals surface area contributed by atoms with E-state index in [1.165, 1.54) is 24.2 Å². The van der Waals surface area contributed by atoms with E-state index in [0.29, 0.717) is 23.7 Å². The minimum Gasteiger partial charge on any atom is -0.494 e. The zero-order valence-electron chi connectivity index (χ0n) is 16.7. The largest absolute Gasteiger partial charge is 0.494 e. The van der Waals surface area contributed by atoms with Gasteiger partial charge in [-0.25, -0.2) is 4.39 Å². The zero-order chi connectivity index (χ0) is 20.5. The first-order chi connectivity index (χ1) is 13.5. The molecule has 0 heterocycles. The van der Waals surface area contributed by atoms with Crippen molar-refractivity contribution in [3.8, 4) is 17.2 Å². The number of amides is 1. The Morgan fingerprint density at radius 2 is 1.79 bits per heavy atom. The summed E-state index contributed by atoms with van der Waals surface area (Å²) in [6.07, 6.45) is 4.09. The molecule has 0 aliphatic carbocycles. The number of likely N-dealkylation sites (N-methyl/N-ethyl adjacent to an activating group) is 1. The molecule has 0 radical (unpaired) electrons. The maximum Gasteiger partial charge on any atom is 0.246 e. The SMILES string of the molecule is CCCOc1ccc(/C=C/C(=O)N(C)Cc2ccc(OC)c(F)c2)cc1OC. The average Bonchev–Trinajstić information content (AvgIpc) is 2.70. The lowest BCUT2D eigenvalue weighted by Crippen LogP contribution is -2.24. The summed E-state index contributed by atoms with van der Waals surface area (Å²) in [5.41, 5.74) is 1.50. The second-order valence-corrected chi connectivity index (χ2v) is 6.26. The molecule has 2 aromatic rings. The lowest BCUT2D eigenvalue weighted by molar-refractivity contribution is -0.125. The molecule has 5 nitrogen and oxygen atoms in total.